The molecular formula is C16H23ClN2O. The summed E-state index contributed by atoms with van der Waals surface area (Å²) in [7, 11) is 0. The molecule has 0 saturated heterocycles. The van der Waals surface area contributed by atoms with Crippen LogP contribution in [0, 0.1) is 0 Å². The van der Waals surface area contributed by atoms with Gasteiger partial charge >= 0.3 is 0 Å². The van der Waals surface area contributed by atoms with Gasteiger partial charge in [-0.25, -0.2) is 4.98 Å². The van der Waals surface area contributed by atoms with Crippen LogP contribution in [0.1, 0.15) is 45.4 Å². The Morgan fingerprint density at radius 1 is 1.20 bits per heavy atom. The molecule has 0 amide bonds. The number of aromatic nitrogens is 2. The summed E-state index contributed by atoms with van der Waals surface area (Å²) in [6.45, 7) is 5.85. The van der Waals surface area contributed by atoms with Gasteiger partial charge in [0.05, 0.1) is 18.0 Å². The lowest BCUT2D eigenvalue weighted by Crippen LogP contribution is -2.02. The summed E-state index contributed by atoms with van der Waals surface area (Å²) in [6, 6.07) is 6.09. The SMILES string of the molecule is CCCCCCn1c(CCl)nc2c(OCC)cccc21. The number of unbranched alkanes of at least 4 members (excludes halogenated alkanes) is 3. The Balaban J connectivity index is 2.29. The molecule has 0 aliphatic rings. The van der Waals surface area contributed by atoms with Crippen molar-refractivity contribution in [2.45, 2.75) is 52.0 Å². The van der Waals surface area contributed by atoms with E-state index < -0.39 is 0 Å². The Hall–Kier alpha value is -1.22. The van der Waals surface area contributed by atoms with Gasteiger partial charge in [-0.05, 0) is 25.5 Å². The van der Waals surface area contributed by atoms with Gasteiger partial charge in [-0.1, -0.05) is 32.3 Å². The number of para-hydroxylation sites is 1. The molecule has 0 aliphatic heterocycles. The maximum atomic E-state index is 6.05. The molecule has 0 radical (unpaired) electrons. The van der Waals surface area contributed by atoms with E-state index in [1.807, 2.05) is 19.1 Å². The summed E-state index contributed by atoms with van der Waals surface area (Å²) in [5, 5.41) is 0. The molecule has 0 saturated carbocycles. The van der Waals surface area contributed by atoms with Gasteiger partial charge in [0.25, 0.3) is 0 Å². The Morgan fingerprint density at radius 2 is 2.05 bits per heavy atom. The fourth-order valence-corrected chi connectivity index (χ4v) is 2.69. The lowest BCUT2D eigenvalue weighted by atomic mass is 10.2. The Labute approximate surface area is 125 Å². The van der Waals surface area contributed by atoms with Gasteiger partial charge in [0.1, 0.15) is 17.1 Å². The Morgan fingerprint density at radius 3 is 2.75 bits per heavy atom. The predicted octanol–water partition coefficient (Wildman–Crippen LogP) is 4.75. The second kappa shape index (κ2) is 7.53. The normalized spacial score (nSPS) is 11.2. The van der Waals surface area contributed by atoms with E-state index in [-0.39, 0.29) is 0 Å². The zero-order chi connectivity index (χ0) is 14.4. The van der Waals surface area contributed by atoms with Gasteiger partial charge in [0, 0.05) is 6.54 Å². The maximum absolute atomic E-state index is 6.05. The maximum Gasteiger partial charge on any atom is 0.147 e. The number of benzene rings is 1. The number of aryl methyl sites for hydroxylation is 1. The molecule has 0 aliphatic carbocycles. The molecule has 1 heterocycles. The minimum Gasteiger partial charge on any atom is -0.492 e. The van der Waals surface area contributed by atoms with Crippen molar-refractivity contribution in [3.8, 4) is 5.75 Å². The smallest absolute Gasteiger partial charge is 0.147 e. The summed E-state index contributed by atoms with van der Waals surface area (Å²) in [5.41, 5.74) is 2.06. The third-order valence-electron chi connectivity index (χ3n) is 3.48. The van der Waals surface area contributed by atoms with Crippen molar-refractivity contribution in [1.82, 2.24) is 9.55 Å². The molecule has 20 heavy (non-hydrogen) atoms. The summed E-state index contributed by atoms with van der Waals surface area (Å²) >= 11 is 6.05. The minimum atomic E-state index is 0.439. The van der Waals surface area contributed by atoms with Crippen LogP contribution in [-0.2, 0) is 12.4 Å². The highest BCUT2D eigenvalue weighted by Crippen LogP contribution is 2.27. The van der Waals surface area contributed by atoms with Crippen LogP contribution in [0.2, 0.25) is 0 Å². The molecule has 4 heteroatoms. The Bertz CT molecular complexity index is 551. The number of fused-ring (bicyclic) bond motifs is 1. The number of rotatable bonds is 8. The number of ether oxygens (including phenoxy) is 1. The van der Waals surface area contributed by atoms with Crippen LogP contribution < -0.4 is 4.74 Å². The lowest BCUT2D eigenvalue weighted by molar-refractivity contribution is 0.343. The quantitative estimate of drug-likeness (QED) is 0.519. The van der Waals surface area contributed by atoms with Gasteiger partial charge in [0.2, 0.25) is 0 Å². The number of alkyl halides is 1. The molecule has 3 nitrogen and oxygen atoms in total. The Kier molecular flexibility index (Phi) is 5.72. The lowest BCUT2D eigenvalue weighted by Gasteiger charge is -2.08. The number of hydrogen-bond donors (Lipinski definition) is 0. The summed E-state index contributed by atoms with van der Waals surface area (Å²) < 4.78 is 7.89. The first-order valence-corrected chi connectivity index (χ1v) is 8.02. The van der Waals surface area contributed by atoms with Crippen LogP contribution in [0.3, 0.4) is 0 Å². The number of nitrogens with zero attached hydrogens (tertiary/aromatic N) is 2. The number of hydrogen-bond acceptors (Lipinski definition) is 2. The topological polar surface area (TPSA) is 27.1 Å². The standard InChI is InChI=1S/C16H23ClN2O/c1-3-5-6-7-11-19-13-9-8-10-14(20-4-2)16(13)18-15(19)12-17/h8-10H,3-7,11-12H2,1-2H3. The molecule has 0 bridgehead atoms. The van der Waals surface area contributed by atoms with E-state index in [0.717, 1.165) is 29.2 Å². The van der Waals surface area contributed by atoms with Crippen molar-refractivity contribution in [2.24, 2.45) is 0 Å². The van der Waals surface area contributed by atoms with E-state index >= 15 is 0 Å². The summed E-state index contributed by atoms with van der Waals surface area (Å²) in [4.78, 5) is 4.65. The molecule has 110 valence electrons. The van der Waals surface area contributed by atoms with Crippen molar-refractivity contribution in [2.75, 3.05) is 6.61 Å². The minimum absolute atomic E-state index is 0.439. The fraction of sp³-hybridized carbons (Fsp3) is 0.562. The highest BCUT2D eigenvalue weighted by molar-refractivity contribution is 6.16. The van der Waals surface area contributed by atoms with Crippen LogP contribution >= 0.6 is 11.6 Å². The molecule has 0 spiro atoms. The molecule has 2 aromatic rings. The molecule has 1 aromatic heterocycles. The van der Waals surface area contributed by atoms with E-state index in [1.54, 1.807) is 0 Å². The largest absolute Gasteiger partial charge is 0.492 e. The zero-order valence-corrected chi connectivity index (χ0v) is 13.1. The van der Waals surface area contributed by atoms with Crippen molar-refractivity contribution < 1.29 is 4.74 Å². The van der Waals surface area contributed by atoms with E-state index in [2.05, 4.69) is 22.5 Å². The van der Waals surface area contributed by atoms with E-state index in [1.165, 1.54) is 25.7 Å². The van der Waals surface area contributed by atoms with Crippen LogP contribution in [0.5, 0.6) is 5.75 Å². The summed E-state index contributed by atoms with van der Waals surface area (Å²) in [5.74, 6) is 2.22. The average Bonchev–Trinajstić information content (AvgIpc) is 2.83. The van der Waals surface area contributed by atoms with Gasteiger partial charge in [-0.2, -0.15) is 0 Å². The molecular weight excluding hydrogens is 272 g/mol. The first kappa shape index (κ1) is 15.2. The monoisotopic (exact) mass is 294 g/mol. The second-order valence-corrected chi connectivity index (χ2v) is 5.20. The highest BCUT2D eigenvalue weighted by atomic mass is 35.5. The molecule has 1 aromatic carbocycles. The van der Waals surface area contributed by atoms with Crippen molar-refractivity contribution >= 4 is 22.6 Å². The van der Waals surface area contributed by atoms with Crippen LogP contribution in [-0.4, -0.2) is 16.2 Å². The first-order valence-electron chi connectivity index (χ1n) is 7.48. The van der Waals surface area contributed by atoms with Crippen molar-refractivity contribution in [3.05, 3.63) is 24.0 Å². The van der Waals surface area contributed by atoms with E-state index in [0.29, 0.717) is 12.5 Å². The van der Waals surface area contributed by atoms with E-state index in [9.17, 15) is 0 Å². The third-order valence-corrected chi connectivity index (χ3v) is 3.71. The molecule has 0 atom stereocenters. The third kappa shape index (κ3) is 3.26. The zero-order valence-electron chi connectivity index (χ0n) is 12.4. The molecule has 0 fully saturated rings. The highest BCUT2D eigenvalue weighted by Gasteiger charge is 2.13. The molecule has 0 N–H and O–H groups in total. The van der Waals surface area contributed by atoms with Crippen molar-refractivity contribution in [3.63, 3.8) is 0 Å². The van der Waals surface area contributed by atoms with Crippen LogP contribution in [0.25, 0.3) is 11.0 Å². The van der Waals surface area contributed by atoms with Gasteiger partial charge in [-0.3, -0.25) is 0 Å². The van der Waals surface area contributed by atoms with Gasteiger partial charge in [-0.15, -0.1) is 11.6 Å². The first-order chi connectivity index (χ1) is 9.81. The number of imidazole rings is 1. The van der Waals surface area contributed by atoms with Gasteiger partial charge in [0.15, 0.2) is 0 Å². The van der Waals surface area contributed by atoms with Crippen LogP contribution in [0.4, 0.5) is 0 Å². The molecule has 2 rings (SSSR count). The fourth-order valence-electron chi connectivity index (χ4n) is 2.49. The van der Waals surface area contributed by atoms with E-state index in [4.69, 9.17) is 16.3 Å². The summed E-state index contributed by atoms with van der Waals surface area (Å²) in [6.07, 6.45) is 4.96. The second-order valence-electron chi connectivity index (χ2n) is 4.93. The molecule has 0 unspecified atom stereocenters. The van der Waals surface area contributed by atoms with Gasteiger partial charge < -0.3 is 9.30 Å². The van der Waals surface area contributed by atoms with Crippen LogP contribution in [0.15, 0.2) is 18.2 Å². The number of halogens is 1. The predicted molar refractivity (Wildman–Crippen MR) is 84.6 cm³/mol. The van der Waals surface area contributed by atoms with Crippen molar-refractivity contribution in [1.29, 1.82) is 0 Å². The average molecular weight is 295 g/mol.